The highest BCUT2D eigenvalue weighted by atomic mass is 32.2. The molecule has 0 amide bonds. The van der Waals surface area contributed by atoms with Crippen molar-refractivity contribution >= 4 is 34.7 Å². The molecule has 0 unspecified atom stereocenters. The minimum absolute atomic E-state index is 0.130. The summed E-state index contributed by atoms with van der Waals surface area (Å²) in [5.41, 5.74) is 0.456. The van der Waals surface area contributed by atoms with Gasteiger partial charge in [0.25, 0.3) is 15.7 Å². The highest BCUT2D eigenvalue weighted by Crippen LogP contribution is 2.18. The molecule has 0 saturated heterocycles. The molecule has 0 radical (unpaired) electrons. The van der Waals surface area contributed by atoms with Gasteiger partial charge < -0.3 is 14.4 Å². The zero-order valence-corrected chi connectivity index (χ0v) is 24.8. The van der Waals surface area contributed by atoms with Crippen molar-refractivity contribution in [2.45, 2.75) is 39.5 Å². The van der Waals surface area contributed by atoms with Gasteiger partial charge in [-0.3, -0.25) is 14.4 Å². The second kappa shape index (κ2) is 17.1. The molecule has 2 N–H and O–H groups in total. The smallest absolute Gasteiger partial charge is 0.374 e. The van der Waals surface area contributed by atoms with Gasteiger partial charge in [-0.05, 0) is 69.9 Å². The fraction of sp³-hybridized carbons (Fsp3) is 0.333. The summed E-state index contributed by atoms with van der Waals surface area (Å²) in [4.78, 5) is 27.4. The van der Waals surface area contributed by atoms with Crippen LogP contribution in [0.1, 0.15) is 39.0 Å². The van der Waals surface area contributed by atoms with Gasteiger partial charge in [-0.1, -0.05) is 39.0 Å². The Balaban J connectivity index is 0.000000775. The number of hydrogen-bond acceptors (Lipinski definition) is 9. The van der Waals surface area contributed by atoms with Crippen molar-refractivity contribution < 1.29 is 31.4 Å². The summed E-state index contributed by atoms with van der Waals surface area (Å²) in [6.07, 6.45) is 1.29. The SMILES string of the molecule is CCN(CC)CC.CCOC(=O)/C(=C\c1c(C)[nH]n(-c2ccc(S(=O)(=O)O)cc2)c1=O)Oc1ccccc1.O=S. The van der Waals surface area contributed by atoms with Crippen LogP contribution < -0.4 is 10.3 Å². The average Bonchev–Trinajstić information content (AvgIpc) is 3.23. The number of hydrogen-bond donors (Lipinski definition) is 2. The van der Waals surface area contributed by atoms with Crippen LogP contribution in [0.2, 0.25) is 0 Å². The lowest BCUT2D eigenvalue weighted by Crippen LogP contribution is -2.21. The number of ether oxygens (including phenoxy) is 2. The molecular formula is C27H35N3O8S2. The van der Waals surface area contributed by atoms with Crippen molar-refractivity contribution in [1.29, 1.82) is 0 Å². The zero-order valence-electron chi connectivity index (χ0n) is 23.1. The summed E-state index contributed by atoms with van der Waals surface area (Å²) in [6, 6.07) is 13.7. The summed E-state index contributed by atoms with van der Waals surface area (Å²) in [5, 5.41) is 2.87. The Labute approximate surface area is 239 Å². The van der Waals surface area contributed by atoms with Crippen LogP contribution >= 0.6 is 0 Å². The molecular weight excluding hydrogens is 558 g/mol. The number of aromatic amines is 1. The molecule has 3 aromatic rings. The van der Waals surface area contributed by atoms with Crippen LogP contribution in [-0.4, -0.2) is 64.1 Å². The summed E-state index contributed by atoms with van der Waals surface area (Å²) in [6.45, 7) is 13.6. The predicted molar refractivity (Wildman–Crippen MR) is 154 cm³/mol. The number of aromatic nitrogens is 2. The second-order valence-corrected chi connectivity index (χ2v) is 9.45. The molecule has 2 aromatic carbocycles. The number of benzene rings is 2. The van der Waals surface area contributed by atoms with Gasteiger partial charge in [-0.15, -0.1) is 0 Å². The number of esters is 1. The first kappa shape index (κ1) is 34.4. The minimum atomic E-state index is -4.35. The van der Waals surface area contributed by atoms with Gasteiger partial charge in [0.1, 0.15) is 5.75 Å². The van der Waals surface area contributed by atoms with Crippen LogP contribution in [0, 0.1) is 6.92 Å². The maximum absolute atomic E-state index is 13.0. The molecule has 218 valence electrons. The number of rotatable bonds is 10. The summed E-state index contributed by atoms with van der Waals surface area (Å²) in [7, 11) is -4.35. The highest BCUT2D eigenvalue weighted by molar-refractivity contribution is 7.85. The first-order valence-corrected chi connectivity index (χ1v) is 14.2. The molecule has 1 heterocycles. The molecule has 0 aliphatic rings. The minimum Gasteiger partial charge on any atom is -0.460 e. The van der Waals surface area contributed by atoms with Crippen LogP contribution in [0.5, 0.6) is 5.75 Å². The second-order valence-electron chi connectivity index (χ2n) is 8.02. The van der Waals surface area contributed by atoms with E-state index >= 15 is 0 Å². The molecule has 11 nitrogen and oxygen atoms in total. The van der Waals surface area contributed by atoms with Crippen LogP contribution in [0.15, 0.2) is 70.0 Å². The van der Waals surface area contributed by atoms with Gasteiger partial charge in [0.05, 0.1) is 22.8 Å². The highest BCUT2D eigenvalue weighted by Gasteiger charge is 2.19. The summed E-state index contributed by atoms with van der Waals surface area (Å²) in [5.74, 6) is -0.493. The molecule has 0 saturated carbocycles. The Morgan fingerprint density at radius 2 is 1.55 bits per heavy atom. The first-order valence-electron chi connectivity index (χ1n) is 12.5. The fourth-order valence-corrected chi connectivity index (χ4v) is 3.91. The summed E-state index contributed by atoms with van der Waals surface area (Å²) < 4.78 is 51.2. The lowest BCUT2D eigenvalue weighted by Gasteiger charge is -2.13. The Hall–Kier alpha value is -3.65. The third-order valence-electron chi connectivity index (χ3n) is 5.57. The molecule has 0 spiro atoms. The van der Waals surface area contributed by atoms with Crippen LogP contribution in [0.3, 0.4) is 0 Å². The monoisotopic (exact) mass is 593 g/mol. The number of H-pyrrole nitrogens is 1. The number of carbonyl (C=O) groups excluding carboxylic acids is 1. The molecule has 1 aromatic heterocycles. The van der Waals surface area contributed by atoms with Crippen LogP contribution in [-0.2, 0) is 32.2 Å². The van der Waals surface area contributed by atoms with Gasteiger partial charge in [0, 0.05) is 11.8 Å². The van der Waals surface area contributed by atoms with E-state index in [1.54, 1.807) is 44.2 Å². The molecule has 3 rings (SSSR count). The van der Waals surface area contributed by atoms with Gasteiger partial charge >= 0.3 is 5.97 Å². The molecule has 13 heteroatoms. The fourth-order valence-electron chi connectivity index (χ4n) is 3.43. The molecule has 0 atom stereocenters. The first-order chi connectivity index (χ1) is 19.0. The van der Waals surface area contributed by atoms with E-state index in [-0.39, 0.29) is 22.8 Å². The van der Waals surface area contributed by atoms with Gasteiger partial charge in [-0.25, -0.2) is 9.48 Å². The number of para-hydroxylation sites is 1. The van der Waals surface area contributed by atoms with Crippen molar-refractivity contribution in [1.82, 2.24) is 14.7 Å². The maximum Gasteiger partial charge on any atom is 0.374 e. The Morgan fingerprint density at radius 3 is 2.00 bits per heavy atom. The lowest BCUT2D eigenvalue weighted by atomic mass is 10.2. The predicted octanol–water partition coefficient (Wildman–Crippen LogP) is 3.72. The van der Waals surface area contributed by atoms with E-state index in [1.807, 2.05) is 0 Å². The third kappa shape index (κ3) is 10.2. The average molecular weight is 594 g/mol. The Kier molecular flexibility index (Phi) is 14.7. The standard InChI is InChI=1S/C21H20N2O7S.C6H15N.OS/c1-3-29-21(25)19(30-16-7-5-4-6-8-16)13-18-14(2)22-23(20(18)24)15-9-11-17(12-10-15)31(26,27)28;1-4-7(5-2)6-3;1-2/h4-13,22H,3H2,1-2H3,(H,26,27,28);4-6H2,1-3H3;/b19-13+;;. The quantitative estimate of drug-likeness (QED) is 0.154. The lowest BCUT2D eigenvalue weighted by molar-refractivity contribution is -0.140. The zero-order chi connectivity index (χ0) is 30.3. The normalized spacial score (nSPS) is 11.1. The van der Waals surface area contributed by atoms with E-state index in [0.29, 0.717) is 17.1 Å². The molecule has 0 fully saturated rings. The molecule has 40 heavy (non-hydrogen) atoms. The number of carbonyl (C=O) groups is 1. The van der Waals surface area contributed by atoms with E-state index in [9.17, 15) is 18.0 Å². The van der Waals surface area contributed by atoms with Crippen molar-refractivity contribution in [3.63, 3.8) is 0 Å². The van der Waals surface area contributed by atoms with Crippen molar-refractivity contribution in [3.05, 3.63) is 82.0 Å². The largest absolute Gasteiger partial charge is 0.460 e. The van der Waals surface area contributed by atoms with Crippen LogP contribution in [0.4, 0.5) is 0 Å². The van der Waals surface area contributed by atoms with Gasteiger partial charge in [0.15, 0.2) is 12.5 Å². The Bertz CT molecular complexity index is 1390. The molecule has 0 aliphatic carbocycles. The van der Waals surface area contributed by atoms with Crippen molar-refractivity contribution in [2.75, 3.05) is 26.2 Å². The van der Waals surface area contributed by atoms with E-state index < -0.39 is 21.6 Å². The number of nitrogens with zero attached hydrogens (tertiary/aromatic N) is 2. The van der Waals surface area contributed by atoms with E-state index in [1.165, 1.54) is 54.7 Å². The van der Waals surface area contributed by atoms with Gasteiger partial charge in [0.2, 0.25) is 5.76 Å². The van der Waals surface area contributed by atoms with E-state index in [0.717, 1.165) is 0 Å². The summed E-state index contributed by atoms with van der Waals surface area (Å²) >= 11 is 2.83. The molecule has 0 bridgehead atoms. The Morgan fingerprint density at radius 1 is 1.00 bits per heavy atom. The third-order valence-corrected chi connectivity index (χ3v) is 6.44. The van der Waals surface area contributed by atoms with Crippen molar-refractivity contribution in [2.24, 2.45) is 0 Å². The van der Waals surface area contributed by atoms with Crippen LogP contribution in [0.25, 0.3) is 11.8 Å². The van der Waals surface area contributed by atoms with Gasteiger partial charge in [-0.2, -0.15) is 12.6 Å². The topological polar surface area (TPSA) is 148 Å². The number of aryl methyl sites for hydroxylation is 1. The van der Waals surface area contributed by atoms with E-state index in [2.05, 4.69) is 43.3 Å². The van der Waals surface area contributed by atoms with E-state index in [4.69, 9.17) is 18.2 Å². The number of nitrogens with one attached hydrogen (secondary N) is 1. The van der Waals surface area contributed by atoms with Crippen molar-refractivity contribution in [3.8, 4) is 11.4 Å². The maximum atomic E-state index is 13.0. The molecule has 0 aliphatic heterocycles.